The second kappa shape index (κ2) is 8.82. The van der Waals surface area contributed by atoms with Gasteiger partial charge in [0.05, 0.1) is 0 Å². The minimum atomic E-state index is -0.244. The first-order valence-corrected chi connectivity index (χ1v) is 8.42. The van der Waals surface area contributed by atoms with Gasteiger partial charge < -0.3 is 10.1 Å². The van der Waals surface area contributed by atoms with Crippen molar-refractivity contribution in [1.82, 2.24) is 5.32 Å². The van der Waals surface area contributed by atoms with Gasteiger partial charge in [-0.2, -0.15) is 0 Å². The van der Waals surface area contributed by atoms with E-state index >= 15 is 0 Å². The molecule has 1 aromatic rings. The highest BCUT2D eigenvalue weighted by Crippen LogP contribution is 2.35. The molecule has 0 aromatic heterocycles. The minimum Gasteiger partial charge on any atom is -0.381 e. The van der Waals surface area contributed by atoms with E-state index in [0.29, 0.717) is 12.3 Å². The Labute approximate surface area is 137 Å². The molecule has 1 saturated heterocycles. The summed E-state index contributed by atoms with van der Waals surface area (Å²) >= 11 is 0. The number of nitrogens with one attached hydrogen (secondary N) is 1. The standard InChI is InChI=1S/C19H26FNO2/c1-3-17(4-2)21-19(22)13-18(15-9-11-23-12-10-15)14-5-7-16(20)8-6-14/h3,5-8,15,18H,4,9-13H2,1-2H3,(H,21,22)/b17-3+. The lowest BCUT2D eigenvalue weighted by atomic mass is 9.79. The van der Waals surface area contributed by atoms with Crippen molar-refractivity contribution in [3.63, 3.8) is 0 Å². The largest absolute Gasteiger partial charge is 0.381 e. The summed E-state index contributed by atoms with van der Waals surface area (Å²) in [5.74, 6) is 0.289. The van der Waals surface area contributed by atoms with E-state index in [1.807, 2.05) is 19.9 Å². The number of amides is 1. The van der Waals surface area contributed by atoms with Crippen LogP contribution in [0.2, 0.25) is 0 Å². The number of ether oxygens (including phenoxy) is 1. The Morgan fingerprint density at radius 1 is 1.35 bits per heavy atom. The zero-order valence-corrected chi connectivity index (χ0v) is 14.0. The average Bonchev–Trinajstić information content (AvgIpc) is 2.59. The molecule has 1 heterocycles. The van der Waals surface area contributed by atoms with Crippen molar-refractivity contribution in [2.45, 2.75) is 45.4 Å². The van der Waals surface area contributed by atoms with Crippen LogP contribution in [0.3, 0.4) is 0 Å². The molecule has 0 radical (unpaired) electrons. The smallest absolute Gasteiger partial charge is 0.224 e. The molecule has 4 heteroatoms. The normalized spacial score (nSPS) is 17.8. The number of carbonyl (C=O) groups excluding carboxylic acids is 1. The van der Waals surface area contributed by atoms with E-state index in [4.69, 9.17) is 4.74 Å². The maximum atomic E-state index is 13.2. The van der Waals surface area contributed by atoms with E-state index in [1.165, 1.54) is 12.1 Å². The molecular formula is C19H26FNO2. The Morgan fingerprint density at radius 2 is 2.00 bits per heavy atom. The number of halogens is 1. The first kappa shape index (κ1) is 17.7. The number of allylic oxidation sites excluding steroid dienone is 2. The molecule has 1 N–H and O–H groups in total. The molecule has 1 aliphatic rings. The second-order valence-electron chi connectivity index (χ2n) is 6.03. The van der Waals surface area contributed by atoms with Gasteiger partial charge in [-0.3, -0.25) is 4.79 Å². The fourth-order valence-electron chi connectivity index (χ4n) is 3.18. The molecule has 0 saturated carbocycles. The fraction of sp³-hybridized carbons (Fsp3) is 0.526. The van der Waals surface area contributed by atoms with Crippen LogP contribution in [0, 0.1) is 11.7 Å². The maximum absolute atomic E-state index is 13.2. The van der Waals surface area contributed by atoms with E-state index in [-0.39, 0.29) is 17.6 Å². The summed E-state index contributed by atoms with van der Waals surface area (Å²) in [5, 5.41) is 2.98. The van der Waals surface area contributed by atoms with Gasteiger partial charge in [0.1, 0.15) is 5.82 Å². The molecule has 1 amide bonds. The topological polar surface area (TPSA) is 38.3 Å². The van der Waals surface area contributed by atoms with Crippen LogP contribution in [-0.4, -0.2) is 19.1 Å². The quantitative estimate of drug-likeness (QED) is 0.855. The van der Waals surface area contributed by atoms with Gasteiger partial charge >= 0.3 is 0 Å². The Morgan fingerprint density at radius 3 is 2.57 bits per heavy atom. The first-order chi connectivity index (χ1) is 11.1. The third-order valence-corrected chi connectivity index (χ3v) is 4.57. The van der Waals surface area contributed by atoms with Crippen molar-refractivity contribution in [3.8, 4) is 0 Å². The molecule has 0 aliphatic carbocycles. The van der Waals surface area contributed by atoms with Gasteiger partial charge in [-0.05, 0) is 55.7 Å². The third-order valence-electron chi connectivity index (χ3n) is 4.57. The molecule has 1 atom stereocenters. The van der Waals surface area contributed by atoms with Crippen molar-refractivity contribution in [2.75, 3.05) is 13.2 Å². The van der Waals surface area contributed by atoms with Crippen molar-refractivity contribution in [1.29, 1.82) is 0 Å². The summed E-state index contributed by atoms with van der Waals surface area (Å²) in [6, 6.07) is 6.56. The predicted molar refractivity (Wildman–Crippen MR) is 89.5 cm³/mol. The Kier molecular flexibility index (Phi) is 6.78. The zero-order chi connectivity index (χ0) is 16.7. The maximum Gasteiger partial charge on any atom is 0.224 e. The van der Waals surface area contributed by atoms with Gasteiger partial charge in [-0.1, -0.05) is 25.1 Å². The fourth-order valence-corrected chi connectivity index (χ4v) is 3.18. The first-order valence-electron chi connectivity index (χ1n) is 8.42. The van der Waals surface area contributed by atoms with Crippen molar-refractivity contribution in [3.05, 3.63) is 47.4 Å². The van der Waals surface area contributed by atoms with Crippen LogP contribution in [-0.2, 0) is 9.53 Å². The van der Waals surface area contributed by atoms with Gasteiger partial charge in [0.2, 0.25) is 5.91 Å². The lowest BCUT2D eigenvalue weighted by molar-refractivity contribution is -0.121. The van der Waals surface area contributed by atoms with Crippen molar-refractivity contribution >= 4 is 5.91 Å². The second-order valence-corrected chi connectivity index (χ2v) is 6.03. The molecule has 126 valence electrons. The molecule has 2 rings (SSSR count). The molecule has 0 bridgehead atoms. The van der Waals surface area contributed by atoms with E-state index in [2.05, 4.69) is 5.32 Å². The van der Waals surface area contributed by atoms with Crippen LogP contribution >= 0.6 is 0 Å². The highest BCUT2D eigenvalue weighted by atomic mass is 19.1. The van der Waals surface area contributed by atoms with Gasteiger partial charge in [-0.25, -0.2) is 4.39 Å². The summed E-state index contributed by atoms with van der Waals surface area (Å²) in [6.07, 6.45) is 5.05. The molecule has 3 nitrogen and oxygen atoms in total. The molecule has 1 aliphatic heterocycles. The Balaban J connectivity index is 2.12. The van der Waals surface area contributed by atoms with Gasteiger partial charge in [0.25, 0.3) is 0 Å². The summed E-state index contributed by atoms with van der Waals surface area (Å²) < 4.78 is 18.7. The number of carbonyl (C=O) groups is 1. The highest BCUT2D eigenvalue weighted by Gasteiger charge is 2.27. The van der Waals surface area contributed by atoms with Gasteiger partial charge in [-0.15, -0.1) is 0 Å². The summed E-state index contributed by atoms with van der Waals surface area (Å²) in [5.41, 5.74) is 1.98. The lowest BCUT2D eigenvalue weighted by Gasteiger charge is -2.30. The molecule has 0 spiro atoms. The third kappa shape index (κ3) is 5.17. The van der Waals surface area contributed by atoms with Crippen LogP contribution in [0.5, 0.6) is 0 Å². The lowest BCUT2D eigenvalue weighted by Crippen LogP contribution is -2.29. The van der Waals surface area contributed by atoms with E-state index in [0.717, 1.165) is 43.7 Å². The van der Waals surface area contributed by atoms with Crippen LogP contribution in [0.15, 0.2) is 36.0 Å². The van der Waals surface area contributed by atoms with Crippen molar-refractivity contribution < 1.29 is 13.9 Å². The summed E-state index contributed by atoms with van der Waals surface area (Å²) in [6.45, 7) is 5.42. The number of hydrogen-bond acceptors (Lipinski definition) is 2. The highest BCUT2D eigenvalue weighted by molar-refractivity contribution is 5.78. The molecule has 1 unspecified atom stereocenters. The van der Waals surface area contributed by atoms with Crippen LogP contribution < -0.4 is 5.32 Å². The van der Waals surface area contributed by atoms with Gasteiger partial charge in [0, 0.05) is 25.3 Å². The summed E-state index contributed by atoms with van der Waals surface area (Å²) in [7, 11) is 0. The number of rotatable bonds is 6. The molecule has 1 aromatic carbocycles. The van der Waals surface area contributed by atoms with Gasteiger partial charge in [0.15, 0.2) is 0 Å². The van der Waals surface area contributed by atoms with E-state index in [1.54, 1.807) is 12.1 Å². The monoisotopic (exact) mass is 319 g/mol. The predicted octanol–water partition coefficient (Wildman–Crippen LogP) is 4.16. The Hall–Kier alpha value is -1.68. The average molecular weight is 319 g/mol. The zero-order valence-electron chi connectivity index (χ0n) is 14.0. The van der Waals surface area contributed by atoms with E-state index in [9.17, 15) is 9.18 Å². The SMILES string of the molecule is C/C=C(\CC)NC(=O)CC(c1ccc(F)cc1)C1CCOCC1. The van der Waals surface area contributed by atoms with E-state index < -0.39 is 0 Å². The Bertz CT molecular complexity index is 533. The van der Waals surface area contributed by atoms with Crippen LogP contribution in [0.1, 0.15) is 51.0 Å². The van der Waals surface area contributed by atoms with Crippen LogP contribution in [0.25, 0.3) is 0 Å². The molecule has 1 fully saturated rings. The van der Waals surface area contributed by atoms with Crippen molar-refractivity contribution in [2.24, 2.45) is 5.92 Å². The van der Waals surface area contributed by atoms with Crippen LogP contribution in [0.4, 0.5) is 4.39 Å². The summed E-state index contributed by atoms with van der Waals surface area (Å²) in [4.78, 5) is 12.4. The molecular weight excluding hydrogens is 293 g/mol. The number of benzene rings is 1. The number of hydrogen-bond donors (Lipinski definition) is 1. The minimum absolute atomic E-state index is 0.0285. The molecule has 23 heavy (non-hydrogen) atoms.